The lowest BCUT2D eigenvalue weighted by molar-refractivity contribution is -0.0735. The monoisotopic (exact) mass is 312 g/mol. The molecule has 3 unspecified atom stereocenters. The molecule has 2 fully saturated rings. The number of Topliss-reactive ketones (excluding diaryl/α,β-unsaturated/α-hetero) is 1. The Morgan fingerprint density at radius 1 is 1.65 bits per heavy atom. The summed E-state index contributed by atoms with van der Waals surface area (Å²) in [6.45, 7) is 2.59. The molecule has 1 aromatic heterocycles. The number of nitrogens with zero attached hydrogens (tertiary/aromatic N) is 1. The van der Waals surface area contributed by atoms with Crippen LogP contribution in [0.3, 0.4) is 0 Å². The molecule has 1 aromatic rings. The molecule has 3 heterocycles. The first-order valence-corrected chi connectivity index (χ1v) is 9.10. The van der Waals surface area contributed by atoms with E-state index in [1.807, 2.05) is 24.1 Å². The van der Waals surface area contributed by atoms with Crippen molar-refractivity contribution in [2.24, 2.45) is 11.7 Å². The van der Waals surface area contributed by atoms with Crippen molar-refractivity contribution in [2.75, 3.05) is 18.1 Å². The Bertz CT molecular complexity index is 495. The third-order valence-electron chi connectivity index (χ3n) is 4.09. The Morgan fingerprint density at radius 2 is 2.50 bits per heavy atom. The number of nitrogens with two attached hydrogens (primary N) is 1. The number of ketones is 1. The first-order valence-electron chi connectivity index (χ1n) is 7.07. The fraction of sp³-hybridized carbons (Fsp3) is 0.714. The number of ether oxygens (including phenoxy) is 1. The minimum Gasteiger partial charge on any atom is -0.374 e. The molecule has 0 bridgehead atoms. The standard InChI is InChI=1S/C14H20N2O2S2/c1-9(15)13-16-11(7-20-13)12(17)10-2-4-18-14(6-10)3-5-19-8-14/h7,9-10H,2-6,8,15H2,1H3. The maximum atomic E-state index is 12.6. The summed E-state index contributed by atoms with van der Waals surface area (Å²) in [5, 5.41) is 2.69. The van der Waals surface area contributed by atoms with Gasteiger partial charge in [0.2, 0.25) is 0 Å². The summed E-state index contributed by atoms with van der Waals surface area (Å²) in [5.41, 5.74) is 6.35. The van der Waals surface area contributed by atoms with Gasteiger partial charge in [-0.2, -0.15) is 11.8 Å². The van der Waals surface area contributed by atoms with Crippen LogP contribution in [0.25, 0.3) is 0 Å². The van der Waals surface area contributed by atoms with E-state index in [1.165, 1.54) is 11.3 Å². The molecule has 2 aliphatic rings. The van der Waals surface area contributed by atoms with E-state index < -0.39 is 0 Å². The van der Waals surface area contributed by atoms with Crippen molar-refractivity contribution in [3.05, 3.63) is 16.1 Å². The second kappa shape index (κ2) is 5.75. The fourth-order valence-corrected chi connectivity index (χ4v) is 5.08. The Balaban J connectivity index is 1.72. The van der Waals surface area contributed by atoms with Crippen LogP contribution in [0.4, 0.5) is 0 Å². The van der Waals surface area contributed by atoms with Gasteiger partial charge in [-0.25, -0.2) is 4.98 Å². The van der Waals surface area contributed by atoms with Crippen molar-refractivity contribution >= 4 is 28.9 Å². The summed E-state index contributed by atoms with van der Waals surface area (Å²) < 4.78 is 5.98. The summed E-state index contributed by atoms with van der Waals surface area (Å²) in [4.78, 5) is 17.0. The Morgan fingerprint density at radius 3 is 3.15 bits per heavy atom. The quantitative estimate of drug-likeness (QED) is 0.869. The molecular formula is C14H20N2O2S2. The predicted molar refractivity (Wildman–Crippen MR) is 82.4 cm³/mol. The molecule has 2 saturated heterocycles. The molecule has 1 spiro atoms. The molecule has 0 aromatic carbocycles. The van der Waals surface area contributed by atoms with E-state index in [0.29, 0.717) is 12.3 Å². The highest BCUT2D eigenvalue weighted by atomic mass is 32.2. The molecule has 110 valence electrons. The highest BCUT2D eigenvalue weighted by Gasteiger charge is 2.42. The maximum Gasteiger partial charge on any atom is 0.185 e. The van der Waals surface area contributed by atoms with Crippen LogP contribution in [-0.4, -0.2) is 34.5 Å². The van der Waals surface area contributed by atoms with E-state index in [1.54, 1.807) is 0 Å². The SMILES string of the molecule is CC(N)c1nc(C(=O)C2CCOC3(CCSC3)C2)cs1. The zero-order chi connectivity index (χ0) is 14.2. The van der Waals surface area contributed by atoms with Crippen molar-refractivity contribution < 1.29 is 9.53 Å². The highest BCUT2D eigenvalue weighted by molar-refractivity contribution is 7.99. The molecule has 6 heteroatoms. The normalized spacial score (nSPS) is 31.6. The zero-order valence-electron chi connectivity index (χ0n) is 11.6. The van der Waals surface area contributed by atoms with Crippen LogP contribution < -0.4 is 5.73 Å². The molecule has 0 saturated carbocycles. The molecule has 3 atom stereocenters. The predicted octanol–water partition coefficient (Wildman–Crippen LogP) is 2.65. The number of thioether (sulfide) groups is 1. The number of carbonyl (C=O) groups is 1. The second-order valence-corrected chi connectivity index (χ2v) is 7.74. The van der Waals surface area contributed by atoms with Crippen LogP contribution in [0.1, 0.15) is 47.7 Å². The van der Waals surface area contributed by atoms with Crippen molar-refractivity contribution in [3.8, 4) is 0 Å². The van der Waals surface area contributed by atoms with Gasteiger partial charge in [-0.15, -0.1) is 11.3 Å². The minimum atomic E-state index is -0.103. The molecular weight excluding hydrogens is 292 g/mol. The Kier molecular flexibility index (Phi) is 4.17. The van der Waals surface area contributed by atoms with Crippen LogP contribution >= 0.6 is 23.1 Å². The zero-order valence-corrected chi connectivity index (χ0v) is 13.3. The van der Waals surface area contributed by atoms with Crippen molar-refractivity contribution in [2.45, 2.75) is 37.8 Å². The van der Waals surface area contributed by atoms with Gasteiger partial charge in [-0.3, -0.25) is 4.79 Å². The van der Waals surface area contributed by atoms with Crippen LogP contribution in [0, 0.1) is 5.92 Å². The molecule has 3 rings (SSSR count). The van der Waals surface area contributed by atoms with Gasteiger partial charge < -0.3 is 10.5 Å². The fourth-order valence-electron chi connectivity index (χ4n) is 2.93. The van der Waals surface area contributed by atoms with E-state index in [-0.39, 0.29) is 23.3 Å². The Labute approximate surface area is 127 Å². The Hall–Kier alpha value is -0.430. The molecule has 4 nitrogen and oxygen atoms in total. The lowest BCUT2D eigenvalue weighted by Crippen LogP contribution is -2.42. The van der Waals surface area contributed by atoms with Gasteiger partial charge in [-0.05, 0) is 31.9 Å². The molecule has 0 aliphatic carbocycles. The third-order valence-corrected chi connectivity index (χ3v) is 6.36. The van der Waals surface area contributed by atoms with Crippen LogP contribution in [0.5, 0.6) is 0 Å². The highest BCUT2D eigenvalue weighted by Crippen LogP contribution is 2.41. The molecule has 2 N–H and O–H groups in total. The number of hydrogen-bond acceptors (Lipinski definition) is 6. The number of aromatic nitrogens is 1. The first-order chi connectivity index (χ1) is 9.60. The van der Waals surface area contributed by atoms with Gasteiger partial charge in [-0.1, -0.05) is 0 Å². The minimum absolute atomic E-state index is 0.0523. The smallest absolute Gasteiger partial charge is 0.185 e. The molecule has 2 aliphatic heterocycles. The topological polar surface area (TPSA) is 65.2 Å². The van der Waals surface area contributed by atoms with Crippen molar-refractivity contribution in [1.82, 2.24) is 4.98 Å². The van der Waals surface area contributed by atoms with Gasteiger partial charge in [0.25, 0.3) is 0 Å². The van der Waals surface area contributed by atoms with Gasteiger partial charge in [0, 0.05) is 23.7 Å². The summed E-state index contributed by atoms with van der Waals surface area (Å²) in [7, 11) is 0. The lowest BCUT2D eigenvalue weighted by atomic mass is 9.82. The van der Waals surface area contributed by atoms with Crippen LogP contribution in [0.2, 0.25) is 0 Å². The molecule has 0 amide bonds. The summed E-state index contributed by atoms with van der Waals surface area (Å²) >= 11 is 3.41. The van der Waals surface area contributed by atoms with E-state index in [4.69, 9.17) is 10.5 Å². The van der Waals surface area contributed by atoms with Gasteiger partial charge in [0.15, 0.2) is 5.78 Å². The van der Waals surface area contributed by atoms with Gasteiger partial charge in [0.05, 0.1) is 11.6 Å². The third kappa shape index (κ3) is 2.79. The number of rotatable bonds is 3. The van der Waals surface area contributed by atoms with Crippen molar-refractivity contribution in [3.63, 3.8) is 0 Å². The molecule has 20 heavy (non-hydrogen) atoms. The maximum absolute atomic E-state index is 12.6. The second-order valence-electron chi connectivity index (χ2n) is 5.75. The molecule has 0 radical (unpaired) electrons. The average molecular weight is 312 g/mol. The van der Waals surface area contributed by atoms with E-state index >= 15 is 0 Å². The average Bonchev–Trinajstić information content (AvgIpc) is 3.08. The van der Waals surface area contributed by atoms with Crippen molar-refractivity contribution in [1.29, 1.82) is 0 Å². The van der Waals surface area contributed by atoms with Gasteiger partial charge >= 0.3 is 0 Å². The first kappa shape index (κ1) is 14.5. The number of hydrogen-bond donors (Lipinski definition) is 1. The van der Waals surface area contributed by atoms with Crippen LogP contribution in [-0.2, 0) is 4.74 Å². The largest absolute Gasteiger partial charge is 0.374 e. The van der Waals surface area contributed by atoms with Crippen LogP contribution in [0.15, 0.2) is 5.38 Å². The van der Waals surface area contributed by atoms with E-state index in [0.717, 1.165) is 35.8 Å². The number of carbonyl (C=O) groups excluding carboxylic acids is 1. The van der Waals surface area contributed by atoms with Gasteiger partial charge in [0.1, 0.15) is 10.7 Å². The summed E-state index contributed by atoms with van der Waals surface area (Å²) in [5.74, 6) is 2.41. The number of thiazole rings is 1. The van der Waals surface area contributed by atoms with E-state index in [2.05, 4.69) is 4.98 Å². The van der Waals surface area contributed by atoms with E-state index in [9.17, 15) is 4.79 Å². The lowest BCUT2D eigenvalue weighted by Gasteiger charge is -2.36. The summed E-state index contributed by atoms with van der Waals surface area (Å²) in [6.07, 6.45) is 2.74. The summed E-state index contributed by atoms with van der Waals surface area (Å²) in [6, 6.07) is -0.103.